The van der Waals surface area contributed by atoms with E-state index in [-0.39, 0.29) is 0 Å². The van der Waals surface area contributed by atoms with Gasteiger partial charge in [0.2, 0.25) is 0 Å². The second kappa shape index (κ2) is 19.9. The molecule has 0 heterocycles. The van der Waals surface area contributed by atoms with Crippen LogP contribution in [0.3, 0.4) is 0 Å². The molecule has 1 heteroatoms. The number of terminal acetylenes is 1. The van der Waals surface area contributed by atoms with E-state index in [2.05, 4.69) is 47.6 Å². The van der Waals surface area contributed by atoms with Gasteiger partial charge in [0, 0.05) is 20.1 Å². The first-order chi connectivity index (χ1) is 7.24. The molecule has 0 spiro atoms. The zero-order valence-electron chi connectivity index (χ0n) is 13.4. The Labute approximate surface area is 106 Å². The zero-order chi connectivity index (χ0) is 14.2. The molecule has 0 unspecified atom stereocenters. The van der Waals surface area contributed by atoms with Crippen LogP contribution in [0.15, 0.2) is 0 Å². The Morgan fingerprint density at radius 3 is 1.12 bits per heavy atom. The van der Waals surface area contributed by atoms with Crippen LogP contribution in [0.25, 0.3) is 0 Å². The predicted molar refractivity (Wildman–Crippen MR) is 79.6 cm³/mol. The SMILES string of the molecule is C#CN(C)C.CC.CCC.CCC(C)(C)C. The van der Waals surface area contributed by atoms with Crippen molar-refractivity contribution in [1.82, 2.24) is 4.90 Å². The van der Waals surface area contributed by atoms with Gasteiger partial charge in [0.25, 0.3) is 0 Å². The molecule has 0 N–H and O–H groups in total. The van der Waals surface area contributed by atoms with Gasteiger partial charge in [-0.05, 0) is 5.41 Å². The summed E-state index contributed by atoms with van der Waals surface area (Å²) in [4.78, 5) is 1.65. The van der Waals surface area contributed by atoms with E-state index in [9.17, 15) is 0 Å². The van der Waals surface area contributed by atoms with Crippen LogP contribution in [0.4, 0.5) is 0 Å². The third kappa shape index (κ3) is 107. The van der Waals surface area contributed by atoms with Crippen LogP contribution in [-0.2, 0) is 0 Å². The summed E-state index contributed by atoms with van der Waals surface area (Å²) in [6.07, 6.45) is 7.37. The Hall–Kier alpha value is -0.640. The number of rotatable bonds is 0. The maximum Gasteiger partial charge on any atom is 0.0144 e. The topological polar surface area (TPSA) is 3.24 Å². The number of nitrogens with zero attached hydrogens (tertiary/aromatic N) is 1. The molecule has 0 amide bonds. The van der Waals surface area contributed by atoms with Crippen LogP contribution in [0.2, 0.25) is 0 Å². The molecule has 100 valence electrons. The fourth-order valence-electron chi connectivity index (χ4n) is 0. The highest BCUT2D eigenvalue weighted by molar-refractivity contribution is 4.78. The van der Waals surface area contributed by atoms with Gasteiger partial charge < -0.3 is 4.90 Å². The Bertz CT molecular complexity index is 123. The third-order valence-electron chi connectivity index (χ3n) is 1.32. The van der Waals surface area contributed by atoms with Gasteiger partial charge in [-0.1, -0.05) is 74.7 Å². The van der Waals surface area contributed by atoms with Crippen molar-refractivity contribution in [3.05, 3.63) is 0 Å². The van der Waals surface area contributed by atoms with Gasteiger partial charge in [-0.25, -0.2) is 0 Å². The number of hydrogen-bond donors (Lipinski definition) is 0. The standard InChI is InChI=1S/C6H14.C4H7N.C3H8.C2H6/c1-5-6(2,3)4;1-4-5(2)3;1-3-2;1-2/h5H2,1-4H3;1H,2-3H3;3H2,1-2H3;1-2H3. The maximum absolute atomic E-state index is 4.85. The van der Waals surface area contributed by atoms with Crippen molar-refractivity contribution in [2.45, 2.75) is 68.2 Å². The summed E-state index contributed by atoms with van der Waals surface area (Å²) in [5.74, 6) is 0. The first kappa shape index (κ1) is 24.5. The van der Waals surface area contributed by atoms with Gasteiger partial charge in [0.05, 0.1) is 0 Å². The minimum absolute atomic E-state index is 0.542. The fraction of sp³-hybridized carbons (Fsp3) is 0.867. The van der Waals surface area contributed by atoms with Crippen molar-refractivity contribution in [1.29, 1.82) is 0 Å². The largest absolute Gasteiger partial charge is 0.339 e. The van der Waals surface area contributed by atoms with E-state index in [1.54, 1.807) is 4.90 Å². The lowest BCUT2D eigenvalue weighted by atomic mass is 9.94. The monoisotopic (exact) mass is 229 g/mol. The fourth-order valence-corrected chi connectivity index (χ4v) is 0. The first-order valence-electron chi connectivity index (χ1n) is 6.38. The highest BCUT2D eigenvalue weighted by Gasteiger charge is 2.03. The molecule has 0 saturated carbocycles. The van der Waals surface area contributed by atoms with E-state index < -0.39 is 0 Å². The molecule has 0 radical (unpaired) electrons. The molecule has 0 aromatic heterocycles. The van der Waals surface area contributed by atoms with Crippen molar-refractivity contribution in [3.63, 3.8) is 0 Å². The average molecular weight is 229 g/mol. The van der Waals surface area contributed by atoms with E-state index in [1.807, 2.05) is 27.9 Å². The van der Waals surface area contributed by atoms with Gasteiger partial charge in [-0.2, -0.15) is 0 Å². The van der Waals surface area contributed by atoms with Crippen LogP contribution in [-0.4, -0.2) is 19.0 Å². The molecular weight excluding hydrogens is 194 g/mol. The molecule has 0 aromatic rings. The Balaban J connectivity index is -0.0000000653. The summed E-state index contributed by atoms with van der Waals surface area (Å²) in [5, 5.41) is 0. The predicted octanol–water partition coefficient (Wildman–Crippen LogP) is 5.02. The van der Waals surface area contributed by atoms with Crippen LogP contribution >= 0.6 is 0 Å². The molecule has 0 saturated heterocycles. The van der Waals surface area contributed by atoms with Crippen LogP contribution in [0.5, 0.6) is 0 Å². The highest BCUT2D eigenvalue weighted by atomic mass is 15.0. The third-order valence-corrected chi connectivity index (χ3v) is 1.32. The minimum atomic E-state index is 0.542. The van der Waals surface area contributed by atoms with Gasteiger partial charge in [0.15, 0.2) is 0 Å². The van der Waals surface area contributed by atoms with Gasteiger partial charge >= 0.3 is 0 Å². The lowest BCUT2D eigenvalue weighted by Crippen LogP contribution is -2.00. The summed E-state index contributed by atoms with van der Waals surface area (Å²) in [6, 6.07) is 2.36. The Morgan fingerprint density at radius 1 is 1.00 bits per heavy atom. The second-order valence-corrected chi connectivity index (χ2v) is 4.64. The van der Waals surface area contributed by atoms with Gasteiger partial charge in [-0.3, -0.25) is 0 Å². The van der Waals surface area contributed by atoms with Crippen molar-refractivity contribution in [3.8, 4) is 12.5 Å². The van der Waals surface area contributed by atoms with Gasteiger partial charge in [-0.15, -0.1) is 0 Å². The normalized spacial score (nSPS) is 7.81. The second-order valence-electron chi connectivity index (χ2n) is 4.64. The summed E-state index contributed by atoms with van der Waals surface area (Å²) < 4.78 is 0. The molecular formula is C15H35N. The van der Waals surface area contributed by atoms with Crippen molar-refractivity contribution < 1.29 is 0 Å². The van der Waals surface area contributed by atoms with Crippen LogP contribution in [0.1, 0.15) is 68.2 Å². The first-order valence-corrected chi connectivity index (χ1v) is 6.38. The minimum Gasteiger partial charge on any atom is -0.339 e. The van der Waals surface area contributed by atoms with E-state index >= 15 is 0 Å². The smallest absolute Gasteiger partial charge is 0.0144 e. The van der Waals surface area contributed by atoms with E-state index in [0.717, 1.165) is 0 Å². The van der Waals surface area contributed by atoms with Crippen molar-refractivity contribution in [2.75, 3.05) is 14.1 Å². The lowest BCUT2D eigenvalue weighted by molar-refractivity contribution is 0.398. The van der Waals surface area contributed by atoms with Gasteiger partial charge in [0.1, 0.15) is 0 Å². The molecule has 0 aliphatic rings. The van der Waals surface area contributed by atoms with E-state index in [0.29, 0.717) is 5.41 Å². The molecule has 0 rings (SSSR count). The quantitative estimate of drug-likeness (QED) is 0.416. The summed E-state index contributed by atoms with van der Waals surface area (Å²) in [6.45, 7) is 17.2. The Morgan fingerprint density at radius 2 is 1.12 bits per heavy atom. The number of hydrogen-bond acceptors (Lipinski definition) is 1. The van der Waals surface area contributed by atoms with Crippen LogP contribution < -0.4 is 0 Å². The molecule has 16 heavy (non-hydrogen) atoms. The molecule has 0 aromatic carbocycles. The molecule has 0 bridgehead atoms. The van der Waals surface area contributed by atoms with Crippen LogP contribution in [0, 0.1) is 17.9 Å². The highest BCUT2D eigenvalue weighted by Crippen LogP contribution is 2.16. The molecule has 0 atom stereocenters. The zero-order valence-corrected chi connectivity index (χ0v) is 13.4. The van der Waals surface area contributed by atoms with E-state index in [4.69, 9.17) is 6.42 Å². The summed E-state index contributed by atoms with van der Waals surface area (Å²) in [7, 11) is 3.64. The molecule has 1 nitrogen and oxygen atoms in total. The molecule has 0 aliphatic carbocycles. The summed E-state index contributed by atoms with van der Waals surface area (Å²) >= 11 is 0. The lowest BCUT2D eigenvalue weighted by Gasteiger charge is -2.12. The summed E-state index contributed by atoms with van der Waals surface area (Å²) in [5.41, 5.74) is 0.542. The van der Waals surface area contributed by atoms with Crippen molar-refractivity contribution >= 4 is 0 Å². The Kier molecular flexibility index (Phi) is 30.5. The maximum atomic E-state index is 4.85. The average Bonchev–Trinajstić information content (AvgIpc) is 2.22. The molecule has 0 fully saturated rings. The van der Waals surface area contributed by atoms with E-state index in [1.165, 1.54) is 12.8 Å². The molecule has 0 aliphatic heterocycles. The van der Waals surface area contributed by atoms with Crippen molar-refractivity contribution in [2.24, 2.45) is 5.41 Å².